The first kappa shape index (κ1) is 16.4. The van der Waals surface area contributed by atoms with E-state index in [4.69, 9.17) is 4.98 Å². The van der Waals surface area contributed by atoms with Gasteiger partial charge in [0.2, 0.25) is 0 Å². The number of allylic oxidation sites excluding steroid dienone is 1. The quantitative estimate of drug-likeness (QED) is 0.449. The molecule has 2 aliphatic heterocycles. The summed E-state index contributed by atoms with van der Waals surface area (Å²) in [6.07, 6.45) is 9.81. The van der Waals surface area contributed by atoms with Gasteiger partial charge in [0.1, 0.15) is 12.0 Å². The van der Waals surface area contributed by atoms with Crippen LogP contribution in [0.1, 0.15) is 18.3 Å². The van der Waals surface area contributed by atoms with Crippen LogP contribution in [-0.2, 0) is 6.42 Å². The van der Waals surface area contributed by atoms with Crippen molar-refractivity contribution in [3.05, 3.63) is 84.5 Å². The fourth-order valence-corrected chi connectivity index (χ4v) is 4.79. The van der Waals surface area contributed by atoms with E-state index in [0.717, 1.165) is 17.8 Å². The molecule has 0 amide bonds. The van der Waals surface area contributed by atoms with Crippen LogP contribution in [-0.4, -0.2) is 15.7 Å². The minimum absolute atomic E-state index is 0.178. The maximum absolute atomic E-state index is 5.03. The van der Waals surface area contributed by atoms with Gasteiger partial charge in [0.05, 0.1) is 16.7 Å². The van der Waals surface area contributed by atoms with Gasteiger partial charge in [-0.15, -0.1) is 0 Å². The minimum Gasteiger partial charge on any atom is -0.326 e. The van der Waals surface area contributed by atoms with Crippen LogP contribution in [0.3, 0.4) is 0 Å². The second-order valence-corrected chi connectivity index (χ2v) is 7.78. The molecule has 0 unspecified atom stereocenters. The van der Waals surface area contributed by atoms with Gasteiger partial charge in [0.15, 0.2) is 0 Å². The third-order valence-corrected chi connectivity index (χ3v) is 6.21. The van der Waals surface area contributed by atoms with Crippen molar-refractivity contribution in [3.63, 3.8) is 0 Å². The maximum Gasteiger partial charge on any atom is 0.117 e. The third-order valence-electron chi connectivity index (χ3n) is 6.21. The van der Waals surface area contributed by atoms with Crippen molar-refractivity contribution in [2.75, 3.05) is 9.80 Å². The second-order valence-electron chi connectivity index (χ2n) is 7.78. The Morgan fingerprint density at radius 1 is 0.862 bits per heavy atom. The molecule has 0 aliphatic carbocycles. The SMILES string of the molecule is Cc1c(N2C=CN(c3ccccc3)[C@@H]2C)c2c(nc3n2C=CC3)c2ccccc12. The molecule has 0 fully saturated rings. The zero-order valence-electron chi connectivity index (χ0n) is 16.6. The lowest BCUT2D eigenvalue weighted by molar-refractivity contribution is 0.750. The number of aryl methyl sites for hydroxylation is 1. The molecule has 3 aromatic carbocycles. The van der Waals surface area contributed by atoms with Gasteiger partial charge in [-0.2, -0.15) is 0 Å². The van der Waals surface area contributed by atoms with Crippen molar-refractivity contribution in [2.45, 2.75) is 26.4 Å². The summed E-state index contributed by atoms with van der Waals surface area (Å²) in [6, 6.07) is 19.2. The standard InChI is InChI=1S/C25H22N4/c1-17-20-11-6-7-12-21(20)23-25(29-14-8-13-22(29)26-23)24(17)28-16-15-27(18(28)2)19-9-4-3-5-10-19/h3-12,14-16,18H,13H2,1-2H3/t18-/m0/s1. The molecule has 3 heterocycles. The first-order valence-corrected chi connectivity index (χ1v) is 10.1. The lowest BCUT2D eigenvalue weighted by Crippen LogP contribution is -2.36. The van der Waals surface area contributed by atoms with Gasteiger partial charge in [0, 0.05) is 36.1 Å². The topological polar surface area (TPSA) is 24.3 Å². The smallest absolute Gasteiger partial charge is 0.117 e. The summed E-state index contributed by atoms with van der Waals surface area (Å²) in [6.45, 7) is 4.49. The van der Waals surface area contributed by atoms with Crippen molar-refractivity contribution in [1.82, 2.24) is 9.55 Å². The summed E-state index contributed by atoms with van der Waals surface area (Å²) in [4.78, 5) is 9.74. The lowest BCUT2D eigenvalue weighted by Gasteiger charge is -2.31. The molecule has 4 aromatic rings. The van der Waals surface area contributed by atoms with E-state index >= 15 is 0 Å². The Hall–Kier alpha value is -3.53. The van der Waals surface area contributed by atoms with Crippen LogP contribution in [0.15, 0.2) is 73.1 Å². The highest BCUT2D eigenvalue weighted by Gasteiger charge is 2.30. The minimum atomic E-state index is 0.178. The van der Waals surface area contributed by atoms with E-state index < -0.39 is 0 Å². The molecular formula is C25H22N4. The predicted octanol–water partition coefficient (Wildman–Crippen LogP) is 5.67. The van der Waals surface area contributed by atoms with E-state index in [0.29, 0.717) is 0 Å². The van der Waals surface area contributed by atoms with Crippen molar-refractivity contribution in [1.29, 1.82) is 0 Å². The largest absolute Gasteiger partial charge is 0.326 e. The molecule has 142 valence electrons. The normalized spacial score (nSPS) is 17.8. The number of imidazole rings is 1. The van der Waals surface area contributed by atoms with E-state index in [1.165, 1.54) is 33.2 Å². The Morgan fingerprint density at radius 2 is 1.59 bits per heavy atom. The summed E-state index contributed by atoms with van der Waals surface area (Å²) >= 11 is 0. The van der Waals surface area contributed by atoms with E-state index in [2.05, 4.69) is 107 Å². The van der Waals surface area contributed by atoms with Gasteiger partial charge in [-0.25, -0.2) is 4.98 Å². The van der Waals surface area contributed by atoms with Gasteiger partial charge in [-0.05, 0) is 36.9 Å². The van der Waals surface area contributed by atoms with Gasteiger partial charge in [-0.1, -0.05) is 48.5 Å². The Bertz CT molecular complexity index is 1310. The van der Waals surface area contributed by atoms with Gasteiger partial charge < -0.3 is 14.4 Å². The number of rotatable bonds is 2. The van der Waals surface area contributed by atoms with Gasteiger partial charge >= 0.3 is 0 Å². The predicted molar refractivity (Wildman–Crippen MR) is 121 cm³/mol. The Labute approximate surface area is 170 Å². The van der Waals surface area contributed by atoms with Crippen molar-refractivity contribution in [2.24, 2.45) is 0 Å². The molecule has 0 saturated carbocycles. The first-order valence-electron chi connectivity index (χ1n) is 10.1. The molecule has 0 N–H and O–H groups in total. The number of anilines is 2. The van der Waals surface area contributed by atoms with Crippen molar-refractivity contribution in [3.8, 4) is 0 Å². The zero-order chi connectivity index (χ0) is 19.5. The number of aromatic nitrogens is 2. The molecular weight excluding hydrogens is 356 g/mol. The molecule has 0 bridgehead atoms. The monoisotopic (exact) mass is 378 g/mol. The van der Waals surface area contributed by atoms with Crippen LogP contribution < -0.4 is 9.80 Å². The van der Waals surface area contributed by atoms with Crippen LogP contribution in [0.4, 0.5) is 11.4 Å². The highest BCUT2D eigenvalue weighted by Crippen LogP contribution is 2.42. The van der Waals surface area contributed by atoms with E-state index in [-0.39, 0.29) is 6.17 Å². The van der Waals surface area contributed by atoms with Crippen molar-refractivity contribution < 1.29 is 0 Å². The molecule has 4 nitrogen and oxygen atoms in total. The average molecular weight is 378 g/mol. The number of hydrogen-bond donors (Lipinski definition) is 0. The summed E-state index contributed by atoms with van der Waals surface area (Å²) in [5.41, 5.74) is 6.04. The van der Waals surface area contributed by atoms with E-state index in [9.17, 15) is 0 Å². The number of hydrogen-bond acceptors (Lipinski definition) is 3. The fraction of sp³-hybridized carbons (Fsp3) is 0.160. The number of nitrogens with zero attached hydrogens (tertiary/aromatic N) is 4. The Kier molecular flexibility index (Phi) is 3.39. The number of benzene rings is 3. The van der Waals surface area contributed by atoms with Gasteiger partial charge in [0.25, 0.3) is 0 Å². The van der Waals surface area contributed by atoms with E-state index in [1.807, 2.05) is 0 Å². The summed E-state index contributed by atoms with van der Waals surface area (Å²) < 4.78 is 2.27. The number of para-hydroxylation sites is 1. The van der Waals surface area contributed by atoms with E-state index in [1.54, 1.807) is 0 Å². The summed E-state index contributed by atoms with van der Waals surface area (Å²) in [5, 5.41) is 2.50. The van der Waals surface area contributed by atoms with Crippen LogP contribution in [0.25, 0.3) is 28.0 Å². The van der Waals surface area contributed by atoms with Crippen LogP contribution in [0, 0.1) is 6.92 Å². The lowest BCUT2D eigenvalue weighted by atomic mass is 10.0. The average Bonchev–Trinajstić information content (AvgIpc) is 3.45. The second kappa shape index (κ2) is 5.98. The molecule has 29 heavy (non-hydrogen) atoms. The summed E-state index contributed by atoms with van der Waals surface area (Å²) in [7, 11) is 0. The summed E-state index contributed by atoms with van der Waals surface area (Å²) in [5.74, 6) is 1.12. The molecule has 4 heteroatoms. The first-order chi connectivity index (χ1) is 14.2. The van der Waals surface area contributed by atoms with Crippen molar-refractivity contribution >= 4 is 39.4 Å². The fourth-order valence-electron chi connectivity index (χ4n) is 4.79. The molecule has 1 atom stereocenters. The number of fused-ring (bicyclic) bond motifs is 5. The third kappa shape index (κ3) is 2.23. The van der Waals surface area contributed by atoms with Crippen LogP contribution >= 0.6 is 0 Å². The molecule has 1 aromatic heterocycles. The maximum atomic E-state index is 5.03. The highest BCUT2D eigenvalue weighted by molar-refractivity contribution is 6.13. The molecule has 0 radical (unpaired) electrons. The molecule has 2 aliphatic rings. The Balaban J connectivity index is 1.61. The molecule has 0 spiro atoms. The van der Waals surface area contributed by atoms with Crippen LogP contribution in [0.2, 0.25) is 0 Å². The highest BCUT2D eigenvalue weighted by atomic mass is 15.4. The Morgan fingerprint density at radius 3 is 2.41 bits per heavy atom. The molecule has 6 rings (SSSR count). The van der Waals surface area contributed by atoms with Crippen LogP contribution in [0.5, 0.6) is 0 Å². The zero-order valence-corrected chi connectivity index (χ0v) is 16.6. The van der Waals surface area contributed by atoms with Gasteiger partial charge in [-0.3, -0.25) is 0 Å². The molecule has 0 saturated heterocycles.